The molecule has 1 rings (SSSR count). The van der Waals surface area contributed by atoms with Crippen LogP contribution in [0, 0.1) is 0 Å². The summed E-state index contributed by atoms with van der Waals surface area (Å²) in [5.74, 6) is 5.48. The van der Waals surface area contributed by atoms with Gasteiger partial charge in [0.15, 0.2) is 0 Å². The van der Waals surface area contributed by atoms with Gasteiger partial charge in [-0.1, -0.05) is 0 Å². The van der Waals surface area contributed by atoms with Crippen molar-refractivity contribution in [3.63, 3.8) is 0 Å². The van der Waals surface area contributed by atoms with Crippen LogP contribution in [0.2, 0.25) is 0 Å². The van der Waals surface area contributed by atoms with E-state index >= 15 is 0 Å². The highest BCUT2D eigenvalue weighted by Crippen LogP contribution is 2.18. The molecule has 0 radical (unpaired) electrons. The van der Waals surface area contributed by atoms with Crippen LogP contribution in [0.1, 0.15) is 19.8 Å². The number of nitrogens with zero attached hydrogens (tertiary/aromatic N) is 1. The van der Waals surface area contributed by atoms with E-state index in [2.05, 4.69) is 0 Å². The first kappa shape index (κ1) is 6.99. The Morgan fingerprint density at radius 3 is 2.22 bits per heavy atom. The summed E-state index contributed by atoms with van der Waals surface area (Å²) in [6, 6.07) is 0. The second kappa shape index (κ2) is 2.25. The third-order valence-corrected chi connectivity index (χ3v) is 1.88. The average Bonchev–Trinajstić information content (AvgIpc) is 1.78. The Labute approximate surface area is 55.4 Å². The molecular weight excluding hydrogens is 116 g/mol. The van der Waals surface area contributed by atoms with Gasteiger partial charge in [0.05, 0.1) is 5.60 Å². The molecule has 0 aromatic heterocycles. The smallest absolute Gasteiger partial charge is 0.0645 e. The summed E-state index contributed by atoms with van der Waals surface area (Å²) in [6.07, 6.45) is 1.59. The standard InChI is InChI=1S/C6H14N2O/c1-6(9)2-4-8(7)5-3-6/h9H,2-5,7H2,1H3. The third kappa shape index (κ3) is 1.93. The van der Waals surface area contributed by atoms with E-state index in [1.807, 2.05) is 6.92 Å². The molecule has 3 nitrogen and oxygen atoms in total. The van der Waals surface area contributed by atoms with Crippen LogP contribution in [0.25, 0.3) is 0 Å². The van der Waals surface area contributed by atoms with Crippen molar-refractivity contribution in [3.8, 4) is 0 Å². The van der Waals surface area contributed by atoms with Gasteiger partial charge in [-0.25, -0.2) is 5.01 Å². The minimum absolute atomic E-state index is 0.462. The van der Waals surface area contributed by atoms with Gasteiger partial charge < -0.3 is 5.11 Å². The average molecular weight is 130 g/mol. The van der Waals surface area contributed by atoms with Crippen molar-refractivity contribution in [2.75, 3.05) is 13.1 Å². The molecule has 54 valence electrons. The van der Waals surface area contributed by atoms with E-state index in [-0.39, 0.29) is 0 Å². The third-order valence-electron chi connectivity index (χ3n) is 1.88. The van der Waals surface area contributed by atoms with Gasteiger partial charge in [-0.05, 0) is 19.8 Å². The molecule has 0 unspecified atom stereocenters. The summed E-state index contributed by atoms with van der Waals surface area (Å²) in [5.41, 5.74) is -0.462. The lowest BCUT2D eigenvalue weighted by atomic mass is 9.95. The Morgan fingerprint density at radius 2 is 1.89 bits per heavy atom. The summed E-state index contributed by atoms with van der Waals surface area (Å²) in [5, 5.41) is 11.2. The number of nitrogens with two attached hydrogens (primary N) is 1. The van der Waals surface area contributed by atoms with Gasteiger partial charge in [-0.15, -0.1) is 0 Å². The summed E-state index contributed by atoms with van der Waals surface area (Å²) >= 11 is 0. The molecule has 0 aromatic carbocycles. The summed E-state index contributed by atoms with van der Waals surface area (Å²) in [4.78, 5) is 0. The molecule has 0 atom stereocenters. The van der Waals surface area contributed by atoms with Crippen LogP contribution >= 0.6 is 0 Å². The number of rotatable bonds is 0. The predicted molar refractivity (Wildman–Crippen MR) is 35.6 cm³/mol. The van der Waals surface area contributed by atoms with Gasteiger partial charge in [0, 0.05) is 13.1 Å². The van der Waals surface area contributed by atoms with E-state index in [0.29, 0.717) is 0 Å². The first-order valence-electron chi connectivity index (χ1n) is 3.32. The SMILES string of the molecule is CC1(O)CCN(N)CC1. The van der Waals surface area contributed by atoms with Crippen LogP contribution in [0.5, 0.6) is 0 Å². The zero-order valence-electron chi connectivity index (χ0n) is 5.80. The molecule has 0 aromatic rings. The van der Waals surface area contributed by atoms with Gasteiger partial charge >= 0.3 is 0 Å². The highest BCUT2D eigenvalue weighted by Gasteiger charge is 2.25. The Morgan fingerprint density at radius 1 is 1.44 bits per heavy atom. The topological polar surface area (TPSA) is 49.5 Å². The quantitative estimate of drug-likeness (QED) is 0.443. The molecule has 0 bridgehead atoms. The van der Waals surface area contributed by atoms with E-state index in [0.717, 1.165) is 25.9 Å². The minimum Gasteiger partial charge on any atom is -0.390 e. The van der Waals surface area contributed by atoms with E-state index < -0.39 is 5.60 Å². The van der Waals surface area contributed by atoms with Gasteiger partial charge in [0.2, 0.25) is 0 Å². The number of aliphatic hydroxyl groups is 1. The van der Waals surface area contributed by atoms with Gasteiger partial charge in [-0.3, -0.25) is 5.84 Å². The minimum atomic E-state index is -0.462. The molecule has 9 heavy (non-hydrogen) atoms. The molecule has 0 spiro atoms. The van der Waals surface area contributed by atoms with Crippen LogP contribution in [-0.4, -0.2) is 28.8 Å². The van der Waals surface area contributed by atoms with Crippen molar-refractivity contribution in [1.29, 1.82) is 0 Å². The van der Waals surface area contributed by atoms with Crippen molar-refractivity contribution in [2.45, 2.75) is 25.4 Å². The van der Waals surface area contributed by atoms with E-state index in [9.17, 15) is 5.11 Å². The Balaban J connectivity index is 2.35. The maximum absolute atomic E-state index is 9.41. The second-order valence-corrected chi connectivity index (χ2v) is 3.03. The molecule has 0 saturated carbocycles. The zero-order valence-corrected chi connectivity index (χ0v) is 5.80. The first-order chi connectivity index (χ1) is 4.10. The lowest BCUT2D eigenvalue weighted by molar-refractivity contribution is -0.00550. The van der Waals surface area contributed by atoms with Crippen LogP contribution < -0.4 is 5.84 Å². The summed E-state index contributed by atoms with van der Waals surface area (Å²) < 4.78 is 0. The molecule has 1 aliphatic rings. The maximum Gasteiger partial charge on any atom is 0.0645 e. The summed E-state index contributed by atoms with van der Waals surface area (Å²) in [6.45, 7) is 3.49. The van der Waals surface area contributed by atoms with Crippen LogP contribution in [0.4, 0.5) is 0 Å². The van der Waals surface area contributed by atoms with Crippen molar-refractivity contribution in [2.24, 2.45) is 5.84 Å². The van der Waals surface area contributed by atoms with E-state index in [1.165, 1.54) is 0 Å². The molecule has 0 aliphatic carbocycles. The lowest BCUT2D eigenvalue weighted by Crippen LogP contribution is -2.45. The highest BCUT2D eigenvalue weighted by molar-refractivity contribution is 4.79. The van der Waals surface area contributed by atoms with E-state index in [4.69, 9.17) is 5.84 Å². The Hall–Kier alpha value is -0.120. The van der Waals surface area contributed by atoms with Crippen LogP contribution in [-0.2, 0) is 0 Å². The Kier molecular flexibility index (Phi) is 1.75. The molecule has 1 saturated heterocycles. The Bertz CT molecular complexity index is 93.2. The fourth-order valence-corrected chi connectivity index (χ4v) is 1.01. The first-order valence-corrected chi connectivity index (χ1v) is 3.32. The van der Waals surface area contributed by atoms with Crippen molar-refractivity contribution in [3.05, 3.63) is 0 Å². The molecule has 1 heterocycles. The normalized spacial score (nSPS) is 28.3. The van der Waals surface area contributed by atoms with Crippen molar-refractivity contribution < 1.29 is 5.11 Å². The van der Waals surface area contributed by atoms with Crippen molar-refractivity contribution >= 4 is 0 Å². The van der Waals surface area contributed by atoms with E-state index in [1.54, 1.807) is 5.01 Å². The molecule has 0 amide bonds. The van der Waals surface area contributed by atoms with Crippen LogP contribution in [0.3, 0.4) is 0 Å². The number of hydrogen-bond donors (Lipinski definition) is 2. The molecule has 3 heteroatoms. The maximum atomic E-state index is 9.41. The molecular formula is C6H14N2O. The number of hydrazine groups is 1. The number of piperidine rings is 1. The predicted octanol–water partition coefficient (Wildman–Crippen LogP) is -0.293. The largest absolute Gasteiger partial charge is 0.390 e. The number of hydrogen-bond acceptors (Lipinski definition) is 3. The van der Waals surface area contributed by atoms with Gasteiger partial charge in [0.1, 0.15) is 0 Å². The molecule has 1 aliphatic heterocycles. The second-order valence-electron chi connectivity index (χ2n) is 3.03. The fourth-order valence-electron chi connectivity index (χ4n) is 1.01. The van der Waals surface area contributed by atoms with Crippen LogP contribution in [0.15, 0.2) is 0 Å². The summed E-state index contributed by atoms with van der Waals surface area (Å²) in [7, 11) is 0. The lowest BCUT2D eigenvalue weighted by Gasteiger charge is -2.32. The van der Waals surface area contributed by atoms with Gasteiger partial charge in [-0.2, -0.15) is 0 Å². The van der Waals surface area contributed by atoms with Crippen molar-refractivity contribution in [1.82, 2.24) is 5.01 Å². The molecule has 3 N–H and O–H groups in total. The monoisotopic (exact) mass is 130 g/mol. The fraction of sp³-hybridized carbons (Fsp3) is 1.00. The molecule has 1 fully saturated rings. The van der Waals surface area contributed by atoms with Gasteiger partial charge in [0.25, 0.3) is 0 Å². The zero-order chi connectivity index (χ0) is 6.91. The highest BCUT2D eigenvalue weighted by atomic mass is 16.3.